The van der Waals surface area contributed by atoms with Crippen molar-refractivity contribution in [2.24, 2.45) is 0 Å². The number of rotatable bonds is 7. The summed E-state index contributed by atoms with van der Waals surface area (Å²) in [4.78, 5) is 14.3. The number of hydrogen-bond acceptors (Lipinski definition) is 4. The minimum atomic E-state index is -0.164. The Kier molecular flexibility index (Phi) is 8.01. The highest BCUT2D eigenvalue weighted by molar-refractivity contribution is 5.76. The second-order valence-corrected chi connectivity index (χ2v) is 4.97. The van der Waals surface area contributed by atoms with Crippen LogP contribution in [0, 0.1) is 0 Å². The Labute approximate surface area is 111 Å². The molecule has 4 nitrogen and oxygen atoms in total. The van der Waals surface area contributed by atoms with Crippen LogP contribution in [0.5, 0.6) is 0 Å². The number of carbonyl (C=O) groups is 1. The number of hydrogen-bond donors (Lipinski definition) is 1. The van der Waals surface area contributed by atoms with E-state index in [2.05, 4.69) is 17.1 Å². The fourth-order valence-electron chi connectivity index (χ4n) is 2.36. The molecular weight excluding hydrogens is 228 g/mol. The molecule has 1 N–H and O–H groups in total. The second-order valence-electron chi connectivity index (χ2n) is 4.97. The van der Waals surface area contributed by atoms with E-state index in [1.54, 1.807) is 0 Å². The SMILES string of the molecule is CCCNC(CN1CCCCCC1)C(=O)OCC. The number of nitrogens with one attached hydrogen (secondary N) is 1. The van der Waals surface area contributed by atoms with Crippen molar-refractivity contribution >= 4 is 5.97 Å². The maximum atomic E-state index is 11.9. The number of esters is 1. The van der Waals surface area contributed by atoms with Crippen LogP contribution in [0.15, 0.2) is 0 Å². The summed E-state index contributed by atoms with van der Waals surface area (Å²) in [5.74, 6) is -0.102. The molecule has 4 heteroatoms. The standard InChI is InChI=1S/C14H28N2O2/c1-3-9-15-13(14(17)18-4-2)12-16-10-7-5-6-8-11-16/h13,15H,3-12H2,1-2H3. The molecule has 0 aromatic carbocycles. The van der Waals surface area contributed by atoms with Gasteiger partial charge in [0, 0.05) is 6.54 Å². The average Bonchev–Trinajstić information content (AvgIpc) is 2.63. The van der Waals surface area contributed by atoms with E-state index < -0.39 is 0 Å². The molecule has 0 spiro atoms. The van der Waals surface area contributed by atoms with E-state index in [9.17, 15) is 4.79 Å². The quantitative estimate of drug-likeness (QED) is 0.705. The minimum Gasteiger partial charge on any atom is -0.465 e. The molecule has 106 valence electrons. The summed E-state index contributed by atoms with van der Waals surface area (Å²) in [6.45, 7) is 8.33. The molecule has 0 aliphatic carbocycles. The lowest BCUT2D eigenvalue weighted by Crippen LogP contribution is -2.47. The van der Waals surface area contributed by atoms with Gasteiger partial charge < -0.3 is 15.0 Å². The molecule has 0 amide bonds. The molecule has 1 fully saturated rings. The Morgan fingerprint density at radius 2 is 1.89 bits per heavy atom. The molecule has 1 saturated heterocycles. The van der Waals surface area contributed by atoms with Crippen LogP contribution in [0.2, 0.25) is 0 Å². The molecule has 18 heavy (non-hydrogen) atoms. The second kappa shape index (κ2) is 9.34. The number of likely N-dealkylation sites (tertiary alicyclic amines) is 1. The normalized spacial score (nSPS) is 19.2. The van der Waals surface area contributed by atoms with Crippen LogP contribution < -0.4 is 5.32 Å². The fourth-order valence-corrected chi connectivity index (χ4v) is 2.36. The molecule has 0 saturated carbocycles. The van der Waals surface area contributed by atoms with Gasteiger partial charge in [-0.2, -0.15) is 0 Å². The van der Waals surface area contributed by atoms with Crippen LogP contribution in [0.3, 0.4) is 0 Å². The number of carbonyl (C=O) groups excluding carboxylic acids is 1. The summed E-state index contributed by atoms with van der Waals surface area (Å²) in [5.41, 5.74) is 0. The highest BCUT2D eigenvalue weighted by atomic mass is 16.5. The van der Waals surface area contributed by atoms with Gasteiger partial charge in [-0.25, -0.2) is 0 Å². The van der Waals surface area contributed by atoms with Crippen molar-refractivity contribution in [3.8, 4) is 0 Å². The van der Waals surface area contributed by atoms with Crippen molar-refractivity contribution in [1.29, 1.82) is 0 Å². The fraction of sp³-hybridized carbons (Fsp3) is 0.929. The van der Waals surface area contributed by atoms with Crippen LogP contribution >= 0.6 is 0 Å². The Morgan fingerprint density at radius 1 is 1.22 bits per heavy atom. The molecule has 0 radical (unpaired) electrons. The van der Waals surface area contributed by atoms with Crippen molar-refractivity contribution in [3.05, 3.63) is 0 Å². The summed E-state index contributed by atoms with van der Waals surface area (Å²) in [5, 5.41) is 3.31. The molecule has 0 bridgehead atoms. The maximum Gasteiger partial charge on any atom is 0.324 e. The Bertz CT molecular complexity index is 226. The van der Waals surface area contributed by atoms with Gasteiger partial charge in [-0.15, -0.1) is 0 Å². The van der Waals surface area contributed by atoms with Crippen molar-refractivity contribution < 1.29 is 9.53 Å². The van der Waals surface area contributed by atoms with Gasteiger partial charge in [-0.05, 0) is 45.8 Å². The molecule has 1 rings (SSSR count). The Hall–Kier alpha value is -0.610. The van der Waals surface area contributed by atoms with E-state index in [1.165, 1.54) is 25.7 Å². The van der Waals surface area contributed by atoms with Gasteiger partial charge in [-0.1, -0.05) is 19.8 Å². The first-order valence-corrected chi connectivity index (χ1v) is 7.40. The zero-order chi connectivity index (χ0) is 13.2. The first-order valence-electron chi connectivity index (χ1n) is 7.40. The van der Waals surface area contributed by atoms with Gasteiger partial charge in [0.2, 0.25) is 0 Å². The predicted molar refractivity (Wildman–Crippen MR) is 73.6 cm³/mol. The summed E-state index contributed by atoms with van der Waals surface area (Å²) in [7, 11) is 0. The van der Waals surface area contributed by atoms with E-state index >= 15 is 0 Å². The highest BCUT2D eigenvalue weighted by Gasteiger charge is 2.22. The molecule has 1 unspecified atom stereocenters. The first kappa shape index (κ1) is 15.4. The predicted octanol–water partition coefficient (Wildman–Crippen LogP) is 1.79. The molecule has 1 heterocycles. The van der Waals surface area contributed by atoms with E-state index in [4.69, 9.17) is 4.74 Å². The first-order chi connectivity index (χ1) is 8.77. The van der Waals surface area contributed by atoms with Gasteiger partial charge in [0.05, 0.1) is 6.61 Å². The summed E-state index contributed by atoms with van der Waals surface area (Å²) >= 11 is 0. The van der Waals surface area contributed by atoms with Crippen molar-refractivity contribution in [2.75, 3.05) is 32.8 Å². The molecule has 1 aliphatic heterocycles. The molecule has 1 aliphatic rings. The van der Waals surface area contributed by atoms with Crippen molar-refractivity contribution in [1.82, 2.24) is 10.2 Å². The number of nitrogens with zero attached hydrogens (tertiary/aromatic N) is 1. The van der Waals surface area contributed by atoms with Crippen molar-refractivity contribution in [3.63, 3.8) is 0 Å². The van der Waals surface area contributed by atoms with E-state index in [0.29, 0.717) is 6.61 Å². The van der Waals surface area contributed by atoms with E-state index in [1.807, 2.05) is 6.92 Å². The third-order valence-corrected chi connectivity index (χ3v) is 3.35. The van der Waals surface area contributed by atoms with E-state index in [0.717, 1.165) is 32.6 Å². The zero-order valence-electron chi connectivity index (χ0n) is 11.9. The topological polar surface area (TPSA) is 41.6 Å². The number of ether oxygens (including phenoxy) is 1. The lowest BCUT2D eigenvalue weighted by molar-refractivity contribution is -0.146. The third-order valence-electron chi connectivity index (χ3n) is 3.35. The summed E-state index contributed by atoms with van der Waals surface area (Å²) < 4.78 is 5.15. The zero-order valence-corrected chi connectivity index (χ0v) is 11.9. The lowest BCUT2D eigenvalue weighted by atomic mass is 10.2. The highest BCUT2D eigenvalue weighted by Crippen LogP contribution is 2.10. The van der Waals surface area contributed by atoms with E-state index in [-0.39, 0.29) is 12.0 Å². The molecule has 0 aromatic rings. The smallest absolute Gasteiger partial charge is 0.324 e. The Morgan fingerprint density at radius 3 is 2.44 bits per heavy atom. The van der Waals surface area contributed by atoms with Crippen LogP contribution in [0.1, 0.15) is 46.0 Å². The van der Waals surface area contributed by atoms with Crippen LogP contribution in [-0.4, -0.2) is 49.7 Å². The molecule has 1 atom stereocenters. The Balaban J connectivity index is 2.44. The third kappa shape index (κ3) is 5.83. The van der Waals surface area contributed by atoms with Gasteiger partial charge in [0.1, 0.15) is 6.04 Å². The lowest BCUT2D eigenvalue weighted by Gasteiger charge is -2.25. The monoisotopic (exact) mass is 256 g/mol. The average molecular weight is 256 g/mol. The van der Waals surface area contributed by atoms with Crippen LogP contribution in [-0.2, 0) is 9.53 Å². The molecular formula is C14H28N2O2. The van der Waals surface area contributed by atoms with Gasteiger partial charge in [0.25, 0.3) is 0 Å². The maximum absolute atomic E-state index is 11.9. The van der Waals surface area contributed by atoms with Gasteiger partial charge in [-0.3, -0.25) is 4.79 Å². The van der Waals surface area contributed by atoms with Gasteiger partial charge >= 0.3 is 5.97 Å². The summed E-state index contributed by atoms with van der Waals surface area (Å²) in [6.07, 6.45) is 6.19. The largest absolute Gasteiger partial charge is 0.465 e. The minimum absolute atomic E-state index is 0.102. The van der Waals surface area contributed by atoms with Gasteiger partial charge in [0.15, 0.2) is 0 Å². The van der Waals surface area contributed by atoms with Crippen molar-refractivity contribution in [2.45, 2.75) is 52.0 Å². The molecule has 0 aromatic heterocycles. The summed E-state index contributed by atoms with van der Waals surface area (Å²) in [6, 6.07) is -0.164. The van der Waals surface area contributed by atoms with Crippen LogP contribution in [0.25, 0.3) is 0 Å². The van der Waals surface area contributed by atoms with Crippen LogP contribution in [0.4, 0.5) is 0 Å².